The van der Waals surface area contributed by atoms with Crippen molar-refractivity contribution in [1.29, 1.82) is 0 Å². The van der Waals surface area contributed by atoms with Gasteiger partial charge in [-0.1, -0.05) is 0 Å². The molecule has 0 amide bonds. The summed E-state index contributed by atoms with van der Waals surface area (Å²) in [5.41, 5.74) is 6.05. The van der Waals surface area contributed by atoms with Crippen LogP contribution in [0.25, 0.3) is 0 Å². The van der Waals surface area contributed by atoms with E-state index in [1.807, 2.05) is 0 Å². The van der Waals surface area contributed by atoms with Crippen LogP contribution in [0.4, 0.5) is 0 Å². The van der Waals surface area contributed by atoms with Gasteiger partial charge in [-0.2, -0.15) is 0 Å². The van der Waals surface area contributed by atoms with Gasteiger partial charge in [0.1, 0.15) is 12.2 Å². The first-order valence-electron chi connectivity index (χ1n) is 7.52. The minimum absolute atomic E-state index is 0.0878. The molecule has 1 rings (SSSR count). The number of nitrogens with two attached hydrogens (primary N) is 1. The van der Waals surface area contributed by atoms with Crippen LogP contribution in [0.2, 0.25) is 0 Å². The second kappa shape index (κ2) is 8.62. The van der Waals surface area contributed by atoms with Crippen LogP contribution < -0.4 is 5.73 Å². The second-order valence-electron chi connectivity index (χ2n) is 5.67. The van der Waals surface area contributed by atoms with Gasteiger partial charge in [-0.05, 0) is 6.42 Å². The van der Waals surface area contributed by atoms with Crippen LogP contribution in [0.3, 0.4) is 0 Å². The summed E-state index contributed by atoms with van der Waals surface area (Å²) in [5, 5.41) is 0. The quantitative estimate of drug-likeness (QED) is 0.526. The summed E-state index contributed by atoms with van der Waals surface area (Å²) in [7, 11) is 0. The van der Waals surface area contributed by atoms with E-state index < -0.39 is 54.1 Å². The number of carbonyl (C=O) groups is 4. The van der Waals surface area contributed by atoms with Gasteiger partial charge < -0.3 is 24.7 Å². The van der Waals surface area contributed by atoms with E-state index in [0.717, 1.165) is 0 Å². The Bertz CT molecular complexity index is 490. The molecule has 0 aromatic rings. The molecule has 0 bridgehead atoms. The average Bonchev–Trinajstić information content (AvgIpc) is 2.42. The standard InChI is InChI=1S/C15H23NO8/c1-7(17)21-6-11-5-12(22-8(2)18)13(16)15(24-10(4)20)14(11)23-9(3)19/h11-15H,5-6,16H2,1-4H3. The van der Waals surface area contributed by atoms with Crippen LogP contribution >= 0.6 is 0 Å². The fourth-order valence-electron chi connectivity index (χ4n) is 2.71. The van der Waals surface area contributed by atoms with Gasteiger partial charge in [-0.25, -0.2) is 0 Å². The number of hydrogen-bond acceptors (Lipinski definition) is 9. The van der Waals surface area contributed by atoms with Gasteiger partial charge >= 0.3 is 23.9 Å². The molecule has 9 heteroatoms. The molecule has 5 atom stereocenters. The molecule has 0 aromatic carbocycles. The molecule has 9 nitrogen and oxygen atoms in total. The predicted molar refractivity (Wildman–Crippen MR) is 79.4 cm³/mol. The molecular weight excluding hydrogens is 322 g/mol. The Morgan fingerprint density at radius 3 is 1.79 bits per heavy atom. The third kappa shape index (κ3) is 5.80. The Morgan fingerprint density at radius 1 is 0.833 bits per heavy atom. The summed E-state index contributed by atoms with van der Waals surface area (Å²) in [4.78, 5) is 45.1. The van der Waals surface area contributed by atoms with E-state index in [0.29, 0.717) is 0 Å². The van der Waals surface area contributed by atoms with Crippen molar-refractivity contribution in [3.63, 3.8) is 0 Å². The van der Waals surface area contributed by atoms with E-state index in [4.69, 9.17) is 24.7 Å². The predicted octanol–water partition coefficient (Wildman–Crippen LogP) is -0.308. The van der Waals surface area contributed by atoms with Crippen LogP contribution in [0, 0.1) is 5.92 Å². The lowest BCUT2D eigenvalue weighted by Crippen LogP contribution is -2.61. The highest BCUT2D eigenvalue weighted by Crippen LogP contribution is 2.31. The van der Waals surface area contributed by atoms with Crippen molar-refractivity contribution < 1.29 is 38.1 Å². The van der Waals surface area contributed by atoms with Gasteiger partial charge in [0.05, 0.1) is 12.6 Å². The van der Waals surface area contributed by atoms with E-state index >= 15 is 0 Å². The van der Waals surface area contributed by atoms with Crippen molar-refractivity contribution in [3.05, 3.63) is 0 Å². The Balaban J connectivity index is 3.08. The SMILES string of the molecule is CC(=O)OCC1CC(OC(C)=O)C(N)C(OC(C)=O)C1OC(C)=O. The number of carbonyl (C=O) groups excluding carboxylic acids is 4. The fourth-order valence-corrected chi connectivity index (χ4v) is 2.71. The third-order valence-electron chi connectivity index (χ3n) is 3.55. The highest BCUT2D eigenvalue weighted by atomic mass is 16.6. The molecule has 2 N–H and O–H groups in total. The van der Waals surface area contributed by atoms with E-state index in [1.165, 1.54) is 27.7 Å². The summed E-state index contributed by atoms with van der Waals surface area (Å²) in [6, 6.07) is -0.879. The molecule has 1 aliphatic carbocycles. The normalized spacial score (nSPS) is 29.3. The van der Waals surface area contributed by atoms with E-state index in [2.05, 4.69) is 0 Å². The summed E-state index contributed by atoms with van der Waals surface area (Å²) in [5.74, 6) is -2.81. The summed E-state index contributed by atoms with van der Waals surface area (Å²) < 4.78 is 20.6. The van der Waals surface area contributed by atoms with Crippen LogP contribution in [0.1, 0.15) is 34.1 Å². The topological polar surface area (TPSA) is 131 Å². The zero-order chi connectivity index (χ0) is 18.4. The monoisotopic (exact) mass is 345 g/mol. The van der Waals surface area contributed by atoms with Crippen LogP contribution in [0.5, 0.6) is 0 Å². The van der Waals surface area contributed by atoms with Gasteiger partial charge in [0.15, 0.2) is 6.10 Å². The van der Waals surface area contributed by atoms with Crippen LogP contribution in [-0.4, -0.2) is 54.8 Å². The van der Waals surface area contributed by atoms with Crippen LogP contribution in [0.15, 0.2) is 0 Å². The molecule has 1 saturated carbocycles. The van der Waals surface area contributed by atoms with Gasteiger partial charge in [-0.3, -0.25) is 19.2 Å². The zero-order valence-corrected chi connectivity index (χ0v) is 14.1. The molecule has 1 aliphatic rings. The Kier molecular flexibility index (Phi) is 7.15. The Morgan fingerprint density at radius 2 is 1.33 bits per heavy atom. The first kappa shape index (κ1) is 19.9. The van der Waals surface area contributed by atoms with Crippen molar-refractivity contribution in [2.24, 2.45) is 11.7 Å². The number of esters is 4. The number of ether oxygens (including phenoxy) is 4. The second-order valence-corrected chi connectivity index (χ2v) is 5.67. The van der Waals surface area contributed by atoms with E-state index in [9.17, 15) is 19.2 Å². The van der Waals surface area contributed by atoms with Crippen molar-refractivity contribution in [1.82, 2.24) is 0 Å². The minimum atomic E-state index is -1.02. The lowest BCUT2D eigenvalue weighted by atomic mass is 9.79. The molecule has 0 aromatic heterocycles. The molecule has 1 fully saturated rings. The molecule has 136 valence electrons. The maximum atomic E-state index is 11.4. The number of hydrogen-bond donors (Lipinski definition) is 1. The zero-order valence-electron chi connectivity index (χ0n) is 14.1. The van der Waals surface area contributed by atoms with Crippen LogP contribution in [-0.2, 0) is 38.1 Å². The average molecular weight is 345 g/mol. The van der Waals surface area contributed by atoms with E-state index in [-0.39, 0.29) is 13.0 Å². The largest absolute Gasteiger partial charge is 0.465 e. The van der Waals surface area contributed by atoms with Crippen molar-refractivity contribution in [3.8, 4) is 0 Å². The molecule has 0 heterocycles. The maximum Gasteiger partial charge on any atom is 0.303 e. The summed E-state index contributed by atoms with van der Waals surface area (Å²) in [6.07, 6.45) is -2.50. The Labute approximate surface area is 139 Å². The first-order valence-corrected chi connectivity index (χ1v) is 7.52. The van der Waals surface area contributed by atoms with Crippen molar-refractivity contribution in [2.75, 3.05) is 6.61 Å². The molecular formula is C15H23NO8. The molecule has 0 radical (unpaired) electrons. The highest BCUT2D eigenvalue weighted by molar-refractivity contribution is 5.68. The van der Waals surface area contributed by atoms with Gasteiger partial charge in [0.2, 0.25) is 0 Å². The minimum Gasteiger partial charge on any atom is -0.465 e. The van der Waals surface area contributed by atoms with Gasteiger partial charge in [0.25, 0.3) is 0 Å². The summed E-state index contributed by atoms with van der Waals surface area (Å²) in [6.45, 7) is 4.77. The van der Waals surface area contributed by atoms with Crippen molar-refractivity contribution in [2.45, 2.75) is 58.5 Å². The molecule has 5 unspecified atom stereocenters. The molecule has 0 spiro atoms. The molecule has 24 heavy (non-hydrogen) atoms. The Hall–Kier alpha value is -2.16. The summed E-state index contributed by atoms with van der Waals surface area (Å²) >= 11 is 0. The smallest absolute Gasteiger partial charge is 0.303 e. The highest BCUT2D eigenvalue weighted by Gasteiger charge is 2.49. The molecule has 0 aliphatic heterocycles. The first-order chi connectivity index (χ1) is 11.1. The number of rotatable bonds is 5. The van der Waals surface area contributed by atoms with Gasteiger partial charge in [0, 0.05) is 33.6 Å². The van der Waals surface area contributed by atoms with Crippen molar-refractivity contribution >= 4 is 23.9 Å². The molecule has 0 saturated heterocycles. The lowest BCUT2D eigenvalue weighted by Gasteiger charge is -2.43. The third-order valence-corrected chi connectivity index (χ3v) is 3.55. The van der Waals surface area contributed by atoms with E-state index in [1.54, 1.807) is 0 Å². The maximum absolute atomic E-state index is 11.4. The fraction of sp³-hybridized carbons (Fsp3) is 0.733. The van der Waals surface area contributed by atoms with Gasteiger partial charge in [-0.15, -0.1) is 0 Å². The lowest BCUT2D eigenvalue weighted by molar-refractivity contribution is -0.192.